The number of hydrogen-bond donors (Lipinski definition) is 0. The third-order valence-electron chi connectivity index (χ3n) is 5.19. The molecule has 3 aromatic rings. The summed E-state index contributed by atoms with van der Waals surface area (Å²) in [6.07, 6.45) is 2.81. The van der Waals surface area contributed by atoms with Crippen LogP contribution in [0.4, 0.5) is 0 Å². The Labute approximate surface area is 190 Å². The summed E-state index contributed by atoms with van der Waals surface area (Å²) in [5.41, 5.74) is 0.778. The number of ether oxygens (including phenoxy) is 1. The van der Waals surface area contributed by atoms with Crippen LogP contribution in [-0.2, 0) is 14.6 Å². The van der Waals surface area contributed by atoms with Crippen molar-refractivity contribution in [2.75, 3.05) is 26.3 Å². The fraction of sp³-hybridized carbons (Fsp3) is 0.227. The van der Waals surface area contributed by atoms with E-state index in [1.54, 1.807) is 24.3 Å². The van der Waals surface area contributed by atoms with Gasteiger partial charge in [-0.3, -0.25) is 14.3 Å². The Bertz CT molecular complexity index is 1190. The number of rotatable bonds is 5. The zero-order valence-corrected chi connectivity index (χ0v) is 18.8. The van der Waals surface area contributed by atoms with Gasteiger partial charge in [-0.2, -0.15) is 0 Å². The maximum Gasteiger partial charge on any atom is 0.252 e. The summed E-state index contributed by atoms with van der Waals surface area (Å²) in [7, 11) is -3.86. The molecule has 31 heavy (non-hydrogen) atoms. The summed E-state index contributed by atoms with van der Waals surface area (Å²) < 4.78 is 32.8. The molecule has 2 heterocycles. The van der Waals surface area contributed by atoms with Gasteiger partial charge in [-0.25, -0.2) is 8.42 Å². The van der Waals surface area contributed by atoms with Gasteiger partial charge in [0.15, 0.2) is 0 Å². The van der Waals surface area contributed by atoms with Gasteiger partial charge in [0.05, 0.1) is 28.0 Å². The predicted octanol–water partition coefficient (Wildman–Crippen LogP) is 4.34. The van der Waals surface area contributed by atoms with E-state index in [1.165, 1.54) is 35.2 Å². The molecule has 1 atom stereocenters. The Hall–Kier alpha value is -2.16. The third kappa shape index (κ3) is 4.56. The van der Waals surface area contributed by atoms with E-state index in [9.17, 15) is 13.2 Å². The smallest absolute Gasteiger partial charge is 0.252 e. The average molecular weight is 479 g/mol. The van der Waals surface area contributed by atoms with Gasteiger partial charge in [0.25, 0.3) is 5.91 Å². The van der Waals surface area contributed by atoms with Gasteiger partial charge >= 0.3 is 0 Å². The van der Waals surface area contributed by atoms with Crippen LogP contribution < -0.4 is 0 Å². The van der Waals surface area contributed by atoms with Crippen LogP contribution in [0.5, 0.6) is 0 Å². The van der Waals surface area contributed by atoms with Crippen molar-refractivity contribution in [3.05, 3.63) is 82.6 Å². The molecular weight excluding hydrogens is 459 g/mol. The van der Waals surface area contributed by atoms with E-state index in [0.717, 1.165) is 5.56 Å². The Kier molecular flexibility index (Phi) is 6.50. The van der Waals surface area contributed by atoms with Crippen LogP contribution in [-0.4, -0.2) is 50.1 Å². The van der Waals surface area contributed by atoms with E-state index >= 15 is 0 Å². The van der Waals surface area contributed by atoms with Crippen molar-refractivity contribution < 1.29 is 17.9 Å². The van der Waals surface area contributed by atoms with Gasteiger partial charge in [0, 0.05) is 30.5 Å². The minimum atomic E-state index is -3.86. The molecule has 1 saturated heterocycles. The van der Waals surface area contributed by atoms with E-state index in [2.05, 4.69) is 0 Å². The summed E-state index contributed by atoms with van der Waals surface area (Å²) in [5.74, 6) is -0.259. The first kappa shape index (κ1) is 22.0. The highest BCUT2D eigenvalue weighted by atomic mass is 35.5. The van der Waals surface area contributed by atoms with E-state index in [-0.39, 0.29) is 20.7 Å². The van der Waals surface area contributed by atoms with Gasteiger partial charge in [-0.15, -0.1) is 0 Å². The zero-order valence-electron chi connectivity index (χ0n) is 16.4. The monoisotopic (exact) mass is 478 g/mol. The molecule has 1 fully saturated rings. The highest BCUT2D eigenvalue weighted by Gasteiger charge is 2.31. The lowest BCUT2D eigenvalue weighted by Crippen LogP contribution is -2.43. The molecule has 9 heteroatoms. The first-order chi connectivity index (χ1) is 14.9. The number of hydrogen-bond acceptors (Lipinski definition) is 5. The summed E-state index contributed by atoms with van der Waals surface area (Å²) in [6, 6.07) is 14.1. The van der Waals surface area contributed by atoms with Crippen LogP contribution in [0, 0.1) is 0 Å². The molecule has 0 radical (unpaired) electrons. The molecule has 1 aliphatic rings. The van der Waals surface area contributed by atoms with E-state index in [4.69, 9.17) is 27.9 Å². The molecule has 4 rings (SSSR count). The van der Waals surface area contributed by atoms with Crippen molar-refractivity contribution in [3.8, 4) is 0 Å². The summed E-state index contributed by atoms with van der Waals surface area (Å²) in [6.45, 7) is 2.22. The van der Waals surface area contributed by atoms with Crippen LogP contribution in [0.2, 0.25) is 10.0 Å². The number of sulfone groups is 1. The molecule has 0 saturated carbocycles. The molecule has 0 bridgehead atoms. The predicted molar refractivity (Wildman–Crippen MR) is 119 cm³/mol. The van der Waals surface area contributed by atoms with Gasteiger partial charge < -0.3 is 4.74 Å². The maximum absolute atomic E-state index is 13.5. The number of nitrogens with zero attached hydrogens (tertiary/aromatic N) is 2. The van der Waals surface area contributed by atoms with Crippen molar-refractivity contribution in [3.63, 3.8) is 0 Å². The molecule has 2 aromatic carbocycles. The molecule has 1 unspecified atom stereocenters. The Morgan fingerprint density at radius 2 is 1.65 bits per heavy atom. The van der Waals surface area contributed by atoms with Crippen molar-refractivity contribution in [2.24, 2.45) is 0 Å². The van der Waals surface area contributed by atoms with Crippen LogP contribution >= 0.6 is 23.2 Å². The fourth-order valence-electron chi connectivity index (χ4n) is 3.59. The molecule has 1 aliphatic heterocycles. The Morgan fingerprint density at radius 1 is 0.968 bits per heavy atom. The number of carbonyl (C=O) groups excluding carboxylic acids is 1. The number of morpholine rings is 1. The van der Waals surface area contributed by atoms with Crippen molar-refractivity contribution in [1.82, 2.24) is 9.47 Å². The van der Waals surface area contributed by atoms with E-state index in [1.807, 2.05) is 17.0 Å². The molecular formula is C22H20Cl2N2O4S. The molecule has 0 N–H and O–H groups in total. The van der Waals surface area contributed by atoms with Gasteiger partial charge in [-0.1, -0.05) is 47.5 Å². The first-order valence-corrected chi connectivity index (χ1v) is 11.9. The van der Waals surface area contributed by atoms with Crippen LogP contribution in [0.1, 0.15) is 16.4 Å². The second-order valence-electron chi connectivity index (χ2n) is 7.13. The topological polar surface area (TPSA) is 68.6 Å². The number of benzene rings is 2. The van der Waals surface area contributed by atoms with Crippen LogP contribution in [0.15, 0.2) is 76.8 Å². The van der Waals surface area contributed by atoms with Crippen molar-refractivity contribution >= 4 is 38.9 Å². The highest BCUT2D eigenvalue weighted by Crippen LogP contribution is 2.29. The summed E-state index contributed by atoms with van der Waals surface area (Å²) in [4.78, 5) is 15.5. The zero-order chi connectivity index (χ0) is 22.0. The second kappa shape index (κ2) is 9.14. The molecule has 0 aliphatic carbocycles. The molecule has 0 amide bonds. The lowest BCUT2D eigenvalue weighted by Gasteiger charge is -2.33. The SMILES string of the molecule is O=C(C(c1ccc(Cl)cc1)N1CCOCC1)n1ccc(S(=O)(=O)c2ccccc2Cl)c1. The highest BCUT2D eigenvalue weighted by molar-refractivity contribution is 7.91. The third-order valence-corrected chi connectivity index (χ3v) is 7.68. The maximum atomic E-state index is 13.5. The largest absolute Gasteiger partial charge is 0.379 e. The number of aromatic nitrogens is 1. The fourth-order valence-corrected chi connectivity index (χ4v) is 5.49. The Balaban J connectivity index is 1.69. The Morgan fingerprint density at radius 3 is 2.32 bits per heavy atom. The van der Waals surface area contributed by atoms with Crippen LogP contribution in [0.25, 0.3) is 0 Å². The van der Waals surface area contributed by atoms with Crippen molar-refractivity contribution in [1.29, 1.82) is 0 Å². The molecule has 0 spiro atoms. The summed E-state index contributed by atoms with van der Waals surface area (Å²) in [5, 5.41) is 0.708. The number of carbonyl (C=O) groups is 1. The molecule has 6 nitrogen and oxygen atoms in total. The molecule has 162 valence electrons. The lowest BCUT2D eigenvalue weighted by molar-refractivity contribution is 0.0144. The lowest BCUT2D eigenvalue weighted by atomic mass is 10.0. The minimum Gasteiger partial charge on any atom is -0.379 e. The summed E-state index contributed by atoms with van der Waals surface area (Å²) >= 11 is 12.1. The van der Waals surface area contributed by atoms with Gasteiger partial charge in [0.1, 0.15) is 6.04 Å². The van der Waals surface area contributed by atoms with E-state index < -0.39 is 15.9 Å². The molecule has 1 aromatic heterocycles. The first-order valence-electron chi connectivity index (χ1n) is 9.67. The van der Waals surface area contributed by atoms with Gasteiger partial charge in [-0.05, 0) is 35.9 Å². The minimum absolute atomic E-state index is 0.00398. The van der Waals surface area contributed by atoms with E-state index in [0.29, 0.717) is 31.3 Å². The number of halogens is 2. The normalized spacial score (nSPS) is 16.2. The van der Waals surface area contributed by atoms with Crippen molar-refractivity contribution in [2.45, 2.75) is 15.8 Å². The van der Waals surface area contributed by atoms with Gasteiger partial charge in [0.2, 0.25) is 9.84 Å². The standard InChI is InChI=1S/C22H20Cl2N2O4S/c23-17-7-5-16(6-8-17)21(25-11-13-30-14-12-25)22(27)26-10-9-18(15-26)31(28,29)20-4-2-1-3-19(20)24/h1-10,15,21H,11-14H2. The average Bonchev–Trinajstić information content (AvgIpc) is 3.27. The second-order valence-corrected chi connectivity index (χ2v) is 9.89. The van der Waals surface area contributed by atoms with Crippen LogP contribution in [0.3, 0.4) is 0 Å². The quantitative estimate of drug-likeness (QED) is 0.545.